The number of piperazine rings is 1. The van der Waals surface area contributed by atoms with Crippen molar-refractivity contribution in [2.24, 2.45) is 0 Å². The van der Waals surface area contributed by atoms with Gasteiger partial charge in [0.2, 0.25) is 5.91 Å². The van der Waals surface area contributed by atoms with Crippen LogP contribution in [0.3, 0.4) is 0 Å². The van der Waals surface area contributed by atoms with Crippen molar-refractivity contribution in [3.63, 3.8) is 0 Å². The maximum atomic E-state index is 13.5. The molecule has 0 bridgehead atoms. The third kappa shape index (κ3) is 4.04. The third-order valence-electron chi connectivity index (χ3n) is 8.47. The summed E-state index contributed by atoms with van der Waals surface area (Å²) in [6, 6.07) is 18.9. The highest BCUT2D eigenvalue weighted by atomic mass is 16.2. The van der Waals surface area contributed by atoms with Crippen LogP contribution < -0.4 is 0 Å². The molecule has 1 saturated carbocycles. The monoisotopic (exact) mass is 470 g/mol. The minimum absolute atomic E-state index is 0.0861. The van der Waals surface area contributed by atoms with Gasteiger partial charge in [-0.15, -0.1) is 0 Å². The van der Waals surface area contributed by atoms with E-state index < -0.39 is 5.54 Å². The van der Waals surface area contributed by atoms with Crippen molar-refractivity contribution in [2.45, 2.75) is 43.8 Å². The van der Waals surface area contributed by atoms with Gasteiger partial charge in [-0.3, -0.25) is 14.5 Å². The van der Waals surface area contributed by atoms with Gasteiger partial charge in [-0.05, 0) is 48.7 Å². The SMILES string of the molecule is O=C(CN1C=CC2(CC1)c1ccccc1C(=O)N2Cc1ccccc1)N1CCN(C2CCC2)CC1. The number of benzene rings is 2. The number of hydrogen-bond acceptors (Lipinski definition) is 4. The summed E-state index contributed by atoms with van der Waals surface area (Å²) in [5.74, 6) is 0.297. The van der Waals surface area contributed by atoms with E-state index in [1.54, 1.807) is 0 Å². The summed E-state index contributed by atoms with van der Waals surface area (Å²) in [7, 11) is 0. The molecule has 182 valence electrons. The molecule has 6 rings (SSSR count). The molecular formula is C29H34N4O2. The van der Waals surface area contributed by atoms with E-state index in [-0.39, 0.29) is 11.8 Å². The Morgan fingerprint density at radius 3 is 2.34 bits per heavy atom. The van der Waals surface area contributed by atoms with Gasteiger partial charge in [-0.1, -0.05) is 55.0 Å². The Bertz CT molecular complexity index is 1120. The highest BCUT2D eigenvalue weighted by molar-refractivity contribution is 6.00. The van der Waals surface area contributed by atoms with E-state index in [1.807, 2.05) is 46.2 Å². The molecule has 1 unspecified atom stereocenters. The zero-order valence-electron chi connectivity index (χ0n) is 20.3. The first-order valence-corrected chi connectivity index (χ1v) is 13.0. The van der Waals surface area contributed by atoms with Crippen molar-refractivity contribution >= 4 is 11.8 Å². The molecule has 6 heteroatoms. The summed E-state index contributed by atoms with van der Waals surface area (Å²) in [6.45, 7) is 5.41. The molecule has 1 atom stereocenters. The van der Waals surface area contributed by atoms with Crippen molar-refractivity contribution in [3.8, 4) is 0 Å². The lowest BCUT2D eigenvalue weighted by Crippen LogP contribution is -2.55. The zero-order valence-corrected chi connectivity index (χ0v) is 20.3. The van der Waals surface area contributed by atoms with Crippen molar-refractivity contribution in [1.82, 2.24) is 19.6 Å². The molecule has 2 amide bonds. The molecular weight excluding hydrogens is 436 g/mol. The fourth-order valence-electron chi connectivity index (χ4n) is 6.14. The lowest BCUT2D eigenvalue weighted by atomic mass is 9.84. The number of rotatable bonds is 5. The predicted molar refractivity (Wildman–Crippen MR) is 136 cm³/mol. The number of carbonyl (C=O) groups is 2. The quantitative estimate of drug-likeness (QED) is 0.672. The van der Waals surface area contributed by atoms with E-state index >= 15 is 0 Å². The molecule has 3 heterocycles. The van der Waals surface area contributed by atoms with Crippen molar-refractivity contribution in [3.05, 3.63) is 83.6 Å². The van der Waals surface area contributed by atoms with E-state index in [0.29, 0.717) is 13.1 Å². The molecule has 1 spiro atoms. The van der Waals surface area contributed by atoms with E-state index in [4.69, 9.17) is 0 Å². The Balaban J connectivity index is 1.16. The average Bonchev–Trinajstić information content (AvgIpc) is 3.08. The summed E-state index contributed by atoms with van der Waals surface area (Å²) in [5.41, 5.74) is 2.54. The summed E-state index contributed by atoms with van der Waals surface area (Å²) >= 11 is 0. The second-order valence-corrected chi connectivity index (χ2v) is 10.4. The van der Waals surface area contributed by atoms with Gasteiger partial charge in [0.25, 0.3) is 5.91 Å². The first-order chi connectivity index (χ1) is 17.1. The molecule has 0 radical (unpaired) electrons. The smallest absolute Gasteiger partial charge is 0.255 e. The number of carbonyl (C=O) groups excluding carboxylic acids is 2. The van der Waals surface area contributed by atoms with Crippen LogP contribution in [0.2, 0.25) is 0 Å². The standard InChI is InChI=1S/C29H34N4O2/c34-27(32-19-17-31(18-20-32)24-9-6-10-24)22-30-15-13-29(14-16-30)26-12-5-4-11-25(26)28(35)33(29)21-23-7-2-1-3-8-23/h1-5,7-8,11-13,15,24H,6,9-10,14,16-22H2. The molecule has 2 aromatic carbocycles. The van der Waals surface area contributed by atoms with Crippen molar-refractivity contribution in [1.29, 1.82) is 0 Å². The molecule has 6 nitrogen and oxygen atoms in total. The fraction of sp³-hybridized carbons (Fsp3) is 0.448. The topological polar surface area (TPSA) is 47.1 Å². The average molecular weight is 471 g/mol. The van der Waals surface area contributed by atoms with E-state index in [9.17, 15) is 9.59 Å². The molecule has 1 aliphatic carbocycles. The van der Waals surface area contributed by atoms with Crippen molar-refractivity contribution < 1.29 is 9.59 Å². The van der Waals surface area contributed by atoms with E-state index in [0.717, 1.165) is 61.9 Å². The Hall–Kier alpha value is -3.12. The molecule has 2 fully saturated rings. The minimum Gasteiger partial charge on any atom is -0.368 e. The number of hydrogen-bond donors (Lipinski definition) is 0. The van der Waals surface area contributed by atoms with Crippen molar-refractivity contribution in [2.75, 3.05) is 39.3 Å². The molecule has 4 aliphatic rings. The number of nitrogens with zero attached hydrogens (tertiary/aromatic N) is 4. The maximum absolute atomic E-state index is 13.5. The van der Waals surface area contributed by atoms with Crippen LogP contribution in [0, 0.1) is 0 Å². The first-order valence-electron chi connectivity index (χ1n) is 13.0. The lowest BCUT2D eigenvalue weighted by Gasteiger charge is -2.44. The fourth-order valence-corrected chi connectivity index (χ4v) is 6.14. The van der Waals surface area contributed by atoms with Gasteiger partial charge < -0.3 is 14.7 Å². The Morgan fingerprint density at radius 1 is 0.914 bits per heavy atom. The highest BCUT2D eigenvalue weighted by Gasteiger charge is 2.48. The van der Waals surface area contributed by atoms with Gasteiger partial charge in [0.15, 0.2) is 0 Å². The van der Waals surface area contributed by atoms with Crippen LogP contribution in [0.4, 0.5) is 0 Å². The van der Waals surface area contributed by atoms with Gasteiger partial charge in [0.05, 0.1) is 12.1 Å². The number of amides is 2. The Morgan fingerprint density at radius 2 is 1.66 bits per heavy atom. The summed E-state index contributed by atoms with van der Waals surface area (Å²) in [5, 5.41) is 0. The highest BCUT2D eigenvalue weighted by Crippen LogP contribution is 2.45. The summed E-state index contributed by atoms with van der Waals surface area (Å²) in [4.78, 5) is 35.3. The van der Waals surface area contributed by atoms with Gasteiger partial charge in [0, 0.05) is 50.9 Å². The van der Waals surface area contributed by atoms with E-state index in [1.165, 1.54) is 19.3 Å². The molecule has 1 saturated heterocycles. The molecule has 3 aliphatic heterocycles. The van der Waals surface area contributed by atoms with Crippen LogP contribution in [0.15, 0.2) is 66.9 Å². The van der Waals surface area contributed by atoms with Crippen LogP contribution in [0.5, 0.6) is 0 Å². The molecule has 35 heavy (non-hydrogen) atoms. The van der Waals surface area contributed by atoms with Crippen LogP contribution in [-0.2, 0) is 16.9 Å². The van der Waals surface area contributed by atoms with E-state index in [2.05, 4.69) is 40.3 Å². The van der Waals surface area contributed by atoms with Gasteiger partial charge in [-0.25, -0.2) is 0 Å². The normalized spacial score (nSPS) is 24.7. The third-order valence-corrected chi connectivity index (χ3v) is 8.47. The van der Waals surface area contributed by atoms with Crippen LogP contribution in [0.25, 0.3) is 0 Å². The second-order valence-electron chi connectivity index (χ2n) is 10.4. The summed E-state index contributed by atoms with van der Waals surface area (Å²) in [6.07, 6.45) is 8.99. The van der Waals surface area contributed by atoms with Gasteiger partial charge >= 0.3 is 0 Å². The molecule has 2 aromatic rings. The summed E-state index contributed by atoms with van der Waals surface area (Å²) < 4.78 is 0. The number of fused-ring (bicyclic) bond motifs is 2. The molecule has 0 aromatic heterocycles. The predicted octanol–water partition coefficient (Wildman–Crippen LogP) is 3.45. The Kier molecular flexibility index (Phi) is 5.85. The van der Waals surface area contributed by atoms with Gasteiger partial charge in [-0.2, -0.15) is 0 Å². The minimum atomic E-state index is -0.461. The largest absolute Gasteiger partial charge is 0.368 e. The van der Waals surface area contributed by atoms with Crippen LogP contribution in [-0.4, -0.2) is 76.7 Å². The van der Waals surface area contributed by atoms with Gasteiger partial charge in [0.1, 0.15) is 0 Å². The van der Waals surface area contributed by atoms with Crippen LogP contribution in [0.1, 0.15) is 47.2 Å². The second kappa shape index (κ2) is 9.15. The maximum Gasteiger partial charge on any atom is 0.255 e. The first kappa shape index (κ1) is 22.4. The molecule has 0 N–H and O–H groups in total. The lowest BCUT2D eigenvalue weighted by molar-refractivity contribution is -0.134. The zero-order chi connectivity index (χ0) is 23.8. The Labute approximate surface area is 207 Å². The van der Waals surface area contributed by atoms with Crippen LogP contribution >= 0.6 is 0 Å².